The van der Waals surface area contributed by atoms with Crippen LogP contribution in [0.15, 0.2) is 64.1 Å². The molecule has 0 saturated carbocycles. The number of nitrogens with two attached hydrogens (primary N) is 1. The molecule has 2 N–H and O–H groups in total. The number of guanidine groups is 1. The molecule has 3 heterocycles. The molecule has 1 saturated heterocycles. The van der Waals surface area contributed by atoms with Gasteiger partial charge in [-0.25, -0.2) is 4.99 Å². The summed E-state index contributed by atoms with van der Waals surface area (Å²) in [5.41, 5.74) is 9.96. The molecule has 0 amide bonds. The molecule has 9 heteroatoms. The molecule has 8 nitrogen and oxygen atoms in total. The molecule has 0 aliphatic carbocycles. The largest absolute Gasteiger partial charge is 0.369 e. The Morgan fingerprint density at radius 3 is 2.65 bits per heavy atom. The highest BCUT2D eigenvalue weighted by Crippen LogP contribution is 2.35. The van der Waals surface area contributed by atoms with Crippen molar-refractivity contribution < 1.29 is 4.52 Å². The molecule has 0 unspecified atom stereocenters. The first-order valence-electron chi connectivity index (χ1n) is 11.3. The van der Waals surface area contributed by atoms with E-state index in [1.807, 2.05) is 68.4 Å². The number of aliphatic imine (C=N–C) groups is 1. The van der Waals surface area contributed by atoms with E-state index >= 15 is 0 Å². The fraction of sp³-hybridized carbons (Fsp3) is 0.280. The number of halogens is 1. The van der Waals surface area contributed by atoms with Crippen LogP contribution in [0.2, 0.25) is 5.02 Å². The molecule has 1 aliphatic rings. The highest BCUT2D eigenvalue weighted by molar-refractivity contribution is 6.30. The summed E-state index contributed by atoms with van der Waals surface area (Å²) in [6, 6.07) is 17.7. The van der Waals surface area contributed by atoms with Crippen molar-refractivity contribution >= 4 is 23.2 Å². The van der Waals surface area contributed by atoms with Crippen molar-refractivity contribution in [1.82, 2.24) is 24.8 Å². The molecule has 0 radical (unpaired) electrons. The first-order valence-corrected chi connectivity index (χ1v) is 11.7. The van der Waals surface area contributed by atoms with E-state index in [0.29, 0.717) is 34.7 Å². The van der Waals surface area contributed by atoms with Crippen molar-refractivity contribution in [3.8, 4) is 11.3 Å². The van der Waals surface area contributed by atoms with Crippen LogP contribution in [0.5, 0.6) is 0 Å². The Hall–Kier alpha value is -3.65. The van der Waals surface area contributed by atoms with Crippen LogP contribution >= 0.6 is 11.6 Å². The van der Waals surface area contributed by atoms with Crippen LogP contribution in [0, 0.1) is 13.8 Å². The zero-order valence-electron chi connectivity index (χ0n) is 19.1. The predicted octanol–water partition coefficient (Wildman–Crippen LogP) is 5.03. The van der Waals surface area contributed by atoms with E-state index in [9.17, 15) is 0 Å². The lowest BCUT2D eigenvalue weighted by atomic mass is 10.1. The SMILES string of the molecule is Cc1onc(-c2ccccc2)c1N=C(N)N1CCC[C@@H]1c1nnc(C)n1Cc1ccc(Cl)cc1. The second kappa shape index (κ2) is 9.30. The lowest BCUT2D eigenvalue weighted by molar-refractivity contribution is 0.369. The van der Waals surface area contributed by atoms with Crippen molar-refractivity contribution in [3.05, 3.63) is 82.6 Å². The zero-order chi connectivity index (χ0) is 23.7. The van der Waals surface area contributed by atoms with Gasteiger partial charge < -0.3 is 19.7 Å². The third kappa shape index (κ3) is 4.28. The van der Waals surface area contributed by atoms with Gasteiger partial charge in [-0.05, 0) is 44.4 Å². The predicted molar refractivity (Wildman–Crippen MR) is 132 cm³/mol. The van der Waals surface area contributed by atoms with Crippen LogP contribution in [-0.4, -0.2) is 37.3 Å². The van der Waals surface area contributed by atoms with Crippen LogP contribution < -0.4 is 5.73 Å². The monoisotopic (exact) mass is 475 g/mol. The van der Waals surface area contributed by atoms with Gasteiger partial charge in [-0.3, -0.25) is 0 Å². The number of aromatic nitrogens is 4. The molecule has 2 aromatic heterocycles. The smallest absolute Gasteiger partial charge is 0.197 e. The Balaban J connectivity index is 1.45. The summed E-state index contributed by atoms with van der Waals surface area (Å²) < 4.78 is 7.59. The second-order valence-corrected chi connectivity index (χ2v) is 8.88. The van der Waals surface area contributed by atoms with Gasteiger partial charge in [0.05, 0.1) is 12.6 Å². The second-order valence-electron chi connectivity index (χ2n) is 8.44. The highest BCUT2D eigenvalue weighted by Gasteiger charge is 2.32. The quantitative estimate of drug-likeness (QED) is 0.321. The van der Waals surface area contributed by atoms with Gasteiger partial charge in [0.15, 0.2) is 17.5 Å². The van der Waals surface area contributed by atoms with E-state index in [-0.39, 0.29) is 6.04 Å². The topological polar surface area (TPSA) is 98.4 Å². The van der Waals surface area contributed by atoms with E-state index in [0.717, 1.165) is 42.2 Å². The molecule has 4 aromatic rings. The number of aryl methyl sites for hydroxylation is 2. The first kappa shape index (κ1) is 22.2. The van der Waals surface area contributed by atoms with Crippen molar-refractivity contribution in [2.75, 3.05) is 6.54 Å². The number of benzene rings is 2. The summed E-state index contributed by atoms with van der Waals surface area (Å²) >= 11 is 6.06. The van der Waals surface area contributed by atoms with Crippen LogP contribution in [0.4, 0.5) is 5.69 Å². The third-order valence-corrected chi connectivity index (χ3v) is 6.42. The molecule has 1 aliphatic heterocycles. The van der Waals surface area contributed by atoms with Gasteiger partial charge in [-0.15, -0.1) is 10.2 Å². The summed E-state index contributed by atoms with van der Waals surface area (Å²) in [5.74, 6) is 2.78. The molecule has 1 atom stereocenters. The fourth-order valence-electron chi connectivity index (χ4n) is 4.38. The third-order valence-electron chi connectivity index (χ3n) is 6.17. The average molecular weight is 476 g/mol. The minimum Gasteiger partial charge on any atom is -0.369 e. The Kier molecular flexibility index (Phi) is 6.06. The van der Waals surface area contributed by atoms with Crippen LogP contribution in [0.3, 0.4) is 0 Å². The van der Waals surface area contributed by atoms with Gasteiger partial charge in [0.2, 0.25) is 0 Å². The Morgan fingerprint density at radius 1 is 1.12 bits per heavy atom. The fourth-order valence-corrected chi connectivity index (χ4v) is 4.51. The van der Waals surface area contributed by atoms with Crippen LogP contribution in [0.25, 0.3) is 11.3 Å². The molecule has 1 fully saturated rings. The van der Waals surface area contributed by atoms with Crippen molar-refractivity contribution in [2.45, 2.75) is 39.3 Å². The number of rotatable bonds is 5. The van der Waals surface area contributed by atoms with Gasteiger partial charge >= 0.3 is 0 Å². The molecule has 2 aromatic carbocycles. The number of likely N-dealkylation sites (tertiary alicyclic amines) is 1. The Labute approximate surface area is 203 Å². The molecular formula is C25H26ClN7O. The average Bonchev–Trinajstić information content (AvgIpc) is 3.56. The minimum atomic E-state index is -0.0161. The number of hydrogen-bond acceptors (Lipinski definition) is 5. The summed E-state index contributed by atoms with van der Waals surface area (Å²) in [6.07, 6.45) is 1.91. The van der Waals surface area contributed by atoms with Gasteiger partial charge in [-0.2, -0.15) is 0 Å². The molecule has 0 spiro atoms. The van der Waals surface area contributed by atoms with Gasteiger partial charge in [0.25, 0.3) is 0 Å². The van der Waals surface area contributed by atoms with Crippen molar-refractivity contribution in [2.24, 2.45) is 10.7 Å². The summed E-state index contributed by atoms with van der Waals surface area (Å²) in [6.45, 7) is 5.27. The zero-order valence-corrected chi connectivity index (χ0v) is 19.9. The molecule has 5 rings (SSSR count). The summed E-state index contributed by atoms with van der Waals surface area (Å²) in [4.78, 5) is 6.88. The van der Waals surface area contributed by atoms with E-state index < -0.39 is 0 Å². The van der Waals surface area contributed by atoms with Gasteiger partial charge in [-0.1, -0.05) is 59.2 Å². The van der Waals surface area contributed by atoms with Crippen molar-refractivity contribution in [3.63, 3.8) is 0 Å². The molecule has 0 bridgehead atoms. The maximum atomic E-state index is 6.57. The first-order chi connectivity index (χ1) is 16.5. The molecule has 34 heavy (non-hydrogen) atoms. The standard InChI is InChI=1S/C25H26ClN7O/c1-16-22(23(31-34-16)19-7-4-3-5-8-19)28-25(27)32-14-6-9-21(32)24-30-29-17(2)33(24)15-18-10-12-20(26)13-11-18/h3-5,7-8,10-13,21H,6,9,14-15H2,1-2H3,(H2,27,28)/t21-/m1/s1. The lowest BCUT2D eigenvalue weighted by Gasteiger charge is -2.25. The van der Waals surface area contributed by atoms with Crippen LogP contribution in [-0.2, 0) is 6.54 Å². The maximum absolute atomic E-state index is 6.57. The summed E-state index contributed by atoms with van der Waals surface area (Å²) in [7, 11) is 0. The maximum Gasteiger partial charge on any atom is 0.197 e. The normalized spacial score (nSPS) is 16.4. The Bertz CT molecular complexity index is 1310. The minimum absolute atomic E-state index is 0.0161. The number of hydrogen-bond donors (Lipinski definition) is 1. The van der Waals surface area contributed by atoms with E-state index in [2.05, 4.69) is 24.8 Å². The van der Waals surface area contributed by atoms with E-state index in [1.165, 1.54) is 0 Å². The lowest BCUT2D eigenvalue weighted by Crippen LogP contribution is -2.37. The summed E-state index contributed by atoms with van der Waals surface area (Å²) in [5, 5.41) is 13.8. The number of nitrogens with zero attached hydrogens (tertiary/aromatic N) is 6. The van der Waals surface area contributed by atoms with Gasteiger partial charge in [0.1, 0.15) is 17.2 Å². The van der Waals surface area contributed by atoms with E-state index in [1.54, 1.807) is 0 Å². The van der Waals surface area contributed by atoms with E-state index in [4.69, 9.17) is 26.9 Å². The Morgan fingerprint density at radius 2 is 1.88 bits per heavy atom. The molecular weight excluding hydrogens is 450 g/mol. The molecule has 174 valence electrons. The van der Waals surface area contributed by atoms with Gasteiger partial charge in [0, 0.05) is 17.1 Å². The highest BCUT2D eigenvalue weighted by atomic mass is 35.5. The van der Waals surface area contributed by atoms with Crippen LogP contribution in [0.1, 0.15) is 41.9 Å². The van der Waals surface area contributed by atoms with Crippen molar-refractivity contribution in [1.29, 1.82) is 0 Å².